The highest BCUT2D eigenvalue weighted by Gasteiger charge is 2.20. The van der Waals surface area contributed by atoms with Gasteiger partial charge < -0.3 is 20.9 Å². The van der Waals surface area contributed by atoms with Gasteiger partial charge in [-0.1, -0.05) is 0 Å². The number of anilines is 1. The molecule has 0 aromatic carbocycles. The standard InChI is InChI=1S/C12H19N3O3S/c13-10(11(16)17)9-7-19-12(15-9)14-4-1-5-18-6-8-2-3-8/h7-8,10H,1-6,13H2,(H,14,15)(H,16,17). The number of thiazole rings is 1. The first-order valence-electron chi connectivity index (χ1n) is 6.42. The molecule has 1 unspecified atom stereocenters. The molecule has 0 amide bonds. The minimum absolute atomic E-state index is 0.394. The number of carboxylic acid groups (broad SMARTS) is 1. The van der Waals surface area contributed by atoms with Gasteiger partial charge in [-0.05, 0) is 25.2 Å². The van der Waals surface area contributed by atoms with Gasteiger partial charge in [0.1, 0.15) is 6.04 Å². The van der Waals surface area contributed by atoms with E-state index in [2.05, 4.69) is 10.3 Å². The lowest BCUT2D eigenvalue weighted by molar-refractivity contribution is -0.138. The Morgan fingerprint density at radius 1 is 1.68 bits per heavy atom. The van der Waals surface area contributed by atoms with E-state index in [-0.39, 0.29) is 0 Å². The summed E-state index contributed by atoms with van der Waals surface area (Å²) in [6, 6.07) is -1.05. The van der Waals surface area contributed by atoms with Crippen molar-refractivity contribution in [3.8, 4) is 0 Å². The lowest BCUT2D eigenvalue weighted by Crippen LogP contribution is -2.21. The van der Waals surface area contributed by atoms with Crippen LogP contribution < -0.4 is 11.1 Å². The summed E-state index contributed by atoms with van der Waals surface area (Å²) in [6.45, 7) is 2.39. The summed E-state index contributed by atoms with van der Waals surface area (Å²) in [7, 11) is 0. The lowest BCUT2D eigenvalue weighted by Gasteiger charge is -2.04. The number of nitrogens with one attached hydrogen (secondary N) is 1. The maximum Gasteiger partial charge on any atom is 0.326 e. The number of nitrogens with two attached hydrogens (primary N) is 1. The summed E-state index contributed by atoms with van der Waals surface area (Å²) in [6.07, 6.45) is 3.53. The summed E-state index contributed by atoms with van der Waals surface area (Å²) in [4.78, 5) is 14.9. The fourth-order valence-corrected chi connectivity index (χ4v) is 2.32. The second kappa shape index (κ2) is 6.83. The summed E-state index contributed by atoms with van der Waals surface area (Å²) in [5, 5.41) is 14.3. The van der Waals surface area contributed by atoms with E-state index in [9.17, 15) is 4.79 Å². The second-order valence-electron chi connectivity index (χ2n) is 4.69. The Bertz CT molecular complexity index is 420. The molecule has 0 spiro atoms. The Kier molecular flexibility index (Phi) is 5.12. The first kappa shape index (κ1) is 14.2. The van der Waals surface area contributed by atoms with Gasteiger partial charge in [0, 0.05) is 25.1 Å². The Balaban J connectivity index is 1.61. The molecule has 1 aromatic heterocycles. The number of aliphatic carboxylic acids is 1. The molecular formula is C12H19N3O3S. The SMILES string of the molecule is NC(C(=O)O)c1csc(NCCCOCC2CC2)n1. The van der Waals surface area contributed by atoms with Crippen LogP contribution in [0.1, 0.15) is 31.0 Å². The Morgan fingerprint density at radius 3 is 3.16 bits per heavy atom. The van der Waals surface area contributed by atoms with Crippen molar-refractivity contribution in [2.24, 2.45) is 11.7 Å². The maximum absolute atomic E-state index is 10.7. The molecule has 0 radical (unpaired) electrons. The van der Waals surface area contributed by atoms with Crippen LogP contribution in [-0.2, 0) is 9.53 Å². The van der Waals surface area contributed by atoms with Crippen LogP contribution in [0.5, 0.6) is 0 Å². The van der Waals surface area contributed by atoms with E-state index in [1.54, 1.807) is 5.38 Å². The molecule has 0 bridgehead atoms. The highest BCUT2D eigenvalue weighted by molar-refractivity contribution is 7.13. The molecule has 1 atom stereocenters. The molecule has 7 heteroatoms. The molecular weight excluding hydrogens is 266 g/mol. The molecule has 4 N–H and O–H groups in total. The van der Waals surface area contributed by atoms with Crippen LogP contribution in [0.2, 0.25) is 0 Å². The minimum Gasteiger partial charge on any atom is -0.480 e. The number of hydrogen-bond acceptors (Lipinski definition) is 6. The van der Waals surface area contributed by atoms with Crippen LogP contribution in [0.25, 0.3) is 0 Å². The summed E-state index contributed by atoms with van der Waals surface area (Å²) >= 11 is 1.37. The molecule has 19 heavy (non-hydrogen) atoms. The van der Waals surface area contributed by atoms with Gasteiger partial charge in [-0.25, -0.2) is 4.98 Å². The van der Waals surface area contributed by atoms with Crippen molar-refractivity contribution in [1.29, 1.82) is 0 Å². The molecule has 1 aliphatic carbocycles. The van der Waals surface area contributed by atoms with Crippen LogP contribution in [0.3, 0.4) is 0 Å². The zero-order chi connectivity index (χ0) is 13.7. The topological polar surface area (TPSA) is 97.5 Å². The summed E-state index contributed by atoms with van der Waals surface area (Å²) in [5.74, 6) is -0.266. The molecule has 1 saturated carbocycles. The van der Waals surface area contributed by atoms with Gasteiger partial charge in [-0.15, -0.1) is 11.3 Å². The molecule has 0 saturated heterocycles. The number of ether oxygens (including phenoxy) is 1. The first-order valence-corrected chi connectivity index (χ1v) is 7.30. The monoisotopic (exact) mass is 285 g/mol. The maximum atomic E-state index is 10.7. The predicted molar refractivity (Wildman–Crippen MR) is 73.3 cm³/mol. The van der Waals surface area contributed by atoms with E-state index in [1.807, 2.05) is 0 Å². The molecule has 1 fully saturated rings. The third kappa shape index (κ3) is 4.77. The molecule has 2 rings (SSSR count). The predicted octanol–water partition coefficient (Wildman–Crippen LogP) is 1.46. The van der Waals surface area contributed by atoms with Crippen molar-refractivity contribution in [2.75, 3.05) is 25.1 Å². The van der Waals surface area contributed by atoms with Gasteiger partial charge in [0.15, 0.2) is 5.13 Å². The zero-order valence-corrected chi connectivity index (χ0v) is 11.5. The van der Waals surface area contributed by atoms with E-state index < -0.39 is 12.0 Å². The molecule has 1 aliphatic rings. The first-order chi connectivity index (χ1) is 9.16. The van der Waals surface area contributed by atoms with Crippen molar-refractivity contribution in [3.05, 3.63) is 11.1 Å². The number of carboxylic acids is 1. The van der Waals surface area contributed by atoms with E-state index in [0.29, 0.717) is 10.8 Å². The van der Waals surface area contributed by atoms with Gasteiger partial charge in [-0.3, -0.25) is 4.79 Å². The Labute approximate surface area is 116 Å². The normalized spacial score (nSPS) is 16.3. The third-order valence-electron chi connectivity index (χ3n) is 2.90. The van der Waals surface area contributed by atoms with Crippen LogP contribution in [0, 0.1) is 5.92 Å². The molecule has 1 aromatic rings. The largest absolute Gasteiger partial charge is 0.480 e. The number of carbonyl (C=O) groups is 1. The second-order valence-corrected chi connectivity index (χ2v) is 5.55. The van der Waals surface area contributed by atoms with E-state index in [0.717, 1.165) is 32.1 Å². The summed E-state index contributed by atoms with van der Waals surface area (Å²) in [5.41, 5.74) is 5.87. The fraction of sp³-hybridized carbons (Fsp3) is 0.667. The average Bonchev–Trinajstić information content (AvgIpc) is 3.09. The van der Waals surface area contributed by atoms with Gasteiger partial charge in [0.25, 0.3) is 0 Å². The molecule has 6 nitrogen and oxygen atoms in total. The van der Waals surface area contributed by atoms with Gasteiger partial charge in [0.2, 0.25) is 0 Å². The average molecular weight is 285 g/mol. The molecule has 0 aliphatic heterocycles. The van der Waals surface area contributed by atoms with Gasteiger partial charge in [-0.2, -0.15) is 0 Å². The van der Waals surface area contributed by atoms with Crippen LogP contribution in [0.15, 0.2) is 5.38 Å². The van der Waals surface area contributed by atoms with Crippen LogP contribution >= 0.6 is 11.3 Å². The van der Waals surface area contributed by atoms with Crippen molar-refractivity contribution in [3.63, 3.8) is 0 Å². The van der Waals surface area contributed by atoms with Crippen molar-refractivity contribution >= 4 is 22.4 Å². The van der Waals surface area contributed by atoms with E-state index >= 15 is 0 Å². The molecule has 1 heterocycles. The number of rotatable bonds is 9. The number of aromatic nitrogens is 1. The Hall–Kier alpha value is -1.18. The number of nitrogens with zero attached hydrogens (tertiary/aromatic N) is 1. The Morgan fingerprint density at radius 2 is 2.47 bits per heavy atom. The van der Waals surface area contributed by atoms with Crippen LogP contribution in [0.4, 0.5) is 5.13 Å². The van der Waals surface area contributed by atoms with Gasteiger partial charge in [0.05, 0.1) is 5.69 Å². The minimum atomic E-state index is -1.06. The van der Waals surface area contributed by atoms with Crippen molar-refractivity contribution in [1.82, 2.24) is 4.98 Å². The smallest absolute Gasteiger partial charge is 0.326 e. The van der Waals surface area contributed by atoms with Gasteiger partial charge >= 0.3 is 5.97 Å². The third-order valence-corrected chi connectivity index (χ3v) is 3.72. The van der Waals surface area contributed by atoms with E-state index in [1.165, 1.54) is 24.2 Å². The fourth-order valence-electron chi connectivity index (χ4n) is 1.54. The highest BCUT2D eigenvalue weighted by atomic mass is 32.1. The van der Waals surface area contributed by atoms with Crippen molar-refractivity contribution in [2.45, 2.75) is 25.3 Å². The highest BCUT2D eigenvalue weighted by Crippen LogP contribution is 2.28. The van der Waals surface area contributed by atoms with Crippen LogP contribution in [-0.4, -0.2) is 35.8 Å². The molecule has 106 valence electrons. The van der Waals surface area contributed by atoms with E-state index in [4.69, 9.17) is 15.6 Å². The lowest BCUT2D eigenvalue weighted by atomic mass is 10.2. The number of hydrogen-bond donors (Lipinski definition) is 3. The zero-order valence-electron chi connectivity index (χ0n) is 10.7. The van der Waals surface area contributed by atoms with Crippen molar-refractivity contribution < 1.29 is 14.6 Å². The summed E-state index contributed by atoms with van der Waals surface area (Å²) < 4.78 is 5.52. The quantitative estimate of drug-likeness (QED) is 0.594.